The molecule has 9 heteroatoms. The standard InChI is InChI=1S/C19H16F4N4O/c1-17(21)9-19(22,23)18(27-16(17)24)7-10-2-4-12(6-13(10)18)26-15(28)14-5-3-11(20)8-25-14/h2-6,8H,7,9H2,1H3,(H2,24,27)(H,26,28)/t17-,18+/m0/s1. The summed E-state index contributed by atoms with van der Waals surface area (Å²) in [6.45, 7) is 0.985. The Kier molecular flexibility index (Phi) is 3.79. The van der Waals surface area contributed by atoms with Gasteiger partial charge in [-0.25, -0.2) is 22.5 Å². The molecule has 0 fully saturated rings. The molecule has 28 heavy (non-hydrogen) atoms. The van der Waals surface area contributed by atoms with E-state index in [0.29, 0.717) is 5.56 Å². The van der Waals surface area contributed by atoms with Crippen molar-refractivity contribution < 1.29 is 22.4 Å². The van der Waals surface area contributed by atoms with E-state index in [1.807, 2.05) is 0 Å². The monoisotopic (exact) mass is 392 g/mol. The number of rotatable bonds is 2. The maximum Gasteiger partial charge on any atom is 0.280 e. The predicted molar refractivity (Wildman–Crippen MR) is 94.7 cm³/mol. The number of pyridine rings is 1. The molecule has 4 rings (SSSR count). The molecule has 0 radical (unpaired) electrons. The largest absolute Gasteiger partial charge is 0.385 e. The minimum absolute atomic E-state index is 0.0303. The van der Waals surface area contributed by atoms with E-state index in [1.165, 1.54) is 12.1 Å². The van der Waals surface area contributed by atoms with E-state index in [9.17, 15) is 22.4 Å². The van der Waals surface area contributed by atoms with Crippen molar-refractivity contribution in [3.05, 3.63) is 59.2 Å². The smallest absolute Gasteiger partial charge is 0.280 e. The number of nitrogens with one attached hydrogen (secondary N) is 1. The fourth-order valence-corrected chi connectivity index (χ4v) is 3.65. The van der Waals surface area contributed by atoms with E-state index in [4.69, 9.17) is 5.73 Å². The number of aliphatic imine (C=N–C) groups is 1. The SMILES string of the molecule is C[C@]1(F)CC(F)(F)[C@]2(Cc3ccc(NC(=O)c4ccc(F)cn4)cc32)N=C1N. The summed E-state index contributed by atoms with van der Waals surface area (Å²) in [6, 6.07) is 6.82. The molecule has 1 aliphatic carbocycles. The zero-order chi connectivity index (χ0) is 20.3. The Morgan fingerprint density at radius 1 is 1.21 bits per heavy atom. The first-order chi connectivity index (χ1) is 13.0. The average molecular weight is 392 g/mol. The molecule has 0 saturated carbocycles. The number of anilines is 1. The number of hydrogen-bond donors (Lipinski definition) is 2. The molecule has 2 atom stereocenters. The van der Waals surface area contributed by atoms with Gasteiger partial charge in [0.1, 0.15) is 17.3 Å². The normalized spacial score (nSPS) is 27.5. The Balaban J connectivity index is 1.66. The summed E-state index contributed by atoms with van der Waals surface area (Å²) < 4.78 is 56.8. The summed E-state index contributed by atoms with van der Waals surface area (Å²) in [5.74, 6) is -5.11. The van der Waals surface area contributed by atoms with Crippen LogP contribution in [0.1, 0.15) is 35.0 Å². The van der Waals surface area contributed by atoms with Crippen LogP contribution in [0.4, 0.5) is 23.2 Å². The van der Waals surface area contributed by atoms with Crippen LogP contribution in [0.25, 0.3) is 0 Å². The van der Waals surface area contributed by atoms with Crippen LogP contribution in [0.5, 0.6) is 0 Å². The Bertz CT molecular complexity index is 1000. The lowest BCUT2D eigenvalue weighted by atomic mass is 9.63. The Labute approximate surface area is 157 Å². The van der Waals surface area contributed by atoms with E-state index >= 15 is 0 Å². The van der Waals surface area contributed by atoms with Crippen LogP contribution in [-0.4, -0.2) is 28.3 Å². The topological polar surface area (TPSA) is 80.4 Å². The maximum absolute atomic E-state index is 14.8. The second kappa shape index (κ2) is 5.76. The van der Waals surface area contributed by atoms with E-state index in [0.717, 1.165) is 19.2 Å². The van der Waals surface area contributed by atoms with E-state index in [-0.39, 0.29) is 23.4 Å². The summed E-state index contributed by atoms with van der Waals surface area (Å²) in [7, 11) is 0. The van der Waals surface area contributed by atoms with E-state index < -0.39 is 41.1 Å². The number of carbonyl (C=O) groups is 1. The van der Waals surface area contributed by atoms with Gasteiger partial charge in [-0.2, -0.15) is 0 Å². The number of hydrogen-bond acceptors (Lipinski definition) is 4. The number of alkyl halides is 3. The van der Waals surface area contributed by atoms with Crippen LogP contribution in [0.3, 0.4) is 0 Å². The van der Waals surface area contributed by atoms with Gasteiger partial charge < -0.3 is 11.1 Å². The molecular formula is C19H16F4N4O. The second-order valence-corrected chi connectivity index (χ2v) is 7.30. The number of carbonyl (C=O) groups excluding carboxylic acids is 1. The maximum atomic E-state index is 14.8. The fraction of sp³-hybridized carbons (Fsp3) is 0.316. The summed E-state index contributed by atoms with van der Waals surface area (Å²) in [6.07, 6.45) is -0.236. The van der Waals surface area contributed by atoms with Crippen LogP contribution in [-0.2, 0) is 12.0 Å². The minimum atomic E-state index is -3.44. The number of amides is 1. The van der Waals surface area contributed by atoms with Crippen molar-refractivity contribution >= 4 is 17.4 Å². The van der Waals surface area contributed by atoms with E-state index in [1.54, 1.807) is 12.1 Å². The third-order valence-electron chi connectivity index (χ3n) is 5.22. The molecule has 1 aromatic heterocycles. The number of fused-ring (bicyclic) bond motifs is 2. The molecule has 2 aliphatic rings. The third-order valence-corrected chi connectivity index (χ3v) is 5.22. The number of nitrogens with zero attached hydrogens (tertiary/aromatic N) is 2. The van der Waals surface area contributed by atoms with Gasteiger partial charge in [-0.3, -0.25) is 9.79 Å². The highest BCUT2D eigenvalue weighted by atomic mass is 19.3. The number of amidine groups is 1. The van der Waals surface area contributed by atoms with Gasteiger partial charge in [0.2, 0.25) is 0 Å². The van der Waals surface area contributed by atoms with Gasteiger partial charge >= 0.3 is 0 Å². The molecule has 0 bridgehead atoms. The Morgan fingerprint density at radius 3 is 2.64 bits per heavy atom. The number of benzene rings is 1. The Hall–Kier alpha value is -2.97. The highest BCUT2D eigenvalue weighted by molar-refractivity contribution is 6.03. The second-order valence-electron chi connectivity index (χ2n) is 7.30. The third kappa shape index (κ3) is 2.64. The molecule has 1 spiro atoms. The predicted octanol–water partition coefficient (Wildman–Crippen LogP) is 3.35. The number of aromatic nitrogens is 1. The Morgan fingerprint density at radius 2 is 1.96 bits per heavy atom. The van der Waals surface area contributed by atoms with Gasteiger partial charge in [0, 0.05) is 12.1 Å². The molecule has 0 saturated heterocycles. The van der Waals surface area contributed by atoms with Crippen LogP contribution in [0, 0.1) is 5.82 Å². The lowest BCUT2D eigenvalue weighted by Gasteiger charge is -2.50. The van der Waals surface area contributed by atoms with Gasteiger partial charge in [0.25, 0.3) is 11.8 Å². The van der Waals surface area contributed by atoms with Crippen molar-refractivity contribution in [2.75, 3.05) is 5.32 Å². The summed E-state index contributed by atoms with van der Waals surface area (Å²) >= 11 is 0. The van der Waals surface area contributed by atoms with Crippen LogP contribution in [0.2, 0.25) is 0 Å². The van der Waals surface area contributed by atoms with Gasteiger partial charge in [-0.1, -0.05) is 6.07 Å². The van der Waals surface area contributed by atoms with Gasteiger partial charge in [-0.05, 0) is 42.3 Å². The molecule has 0 unspecified atom stereocenters. The molecule has 146 valence electrons. The van der Waals surface area contributed by atoms with Crippen LogP contribution in [0.15, 0.2) is 41.5 Å². The molecule has 1 aromatic carbocycles. The van der Waals surface area contributed by atoms with Gasteiger partial charge in [0.05, 0.1) is 12.6 Å². The number of nitrogens with two attached hydrogens (primary N) is 1. The van der Waals surface area contributed by atoms with Crippen molar-refractivity contribution in [1.29, 1.82) is 0 Å². The highest BCUT2D eigenvalue weighted by Gasteiger charge is 2.66. The molecule has 2 aromatic rings. The molecule has 1 amide bonds. The average Bonchev–Trinajstić information content (AvgIpc) is 2.59. The van der Waals surface area contributed by atoms with Crippen molar-refractivity contribution in [3.8, 4) is 0 Å². The first kappa shape index (κ1) is 18.4. The molecule has 2 heterocycles. The molecule has 3 N–H and O–H groups in total. The summed E-state index contributed by atoms with van der Waals surface area (Å²) in [5, 5.41) is 2.53. The van der Waals surface area contributed by atoms with Crippen molar-refractivity contribution in [2.24, 2.45) is 10.7 Å². The molecule has 5 nitrogen and oxygen atoms in total. The van der Waals surface area contributed by atoms with Crippen molar-refractivity contribution in [2.45, 2.75) is 36.9 Å². The molecular weight excluding hydrogens is 376 g/mol. The number of halogens is 4. The quantitative estimate of drug-likeness (QED) is 0.770. The fourth-order valence-electron chi connectivity index (χ4n) is 3.65. The lowest BCUT2D eigenvalue weighted by Crippen LogP contribution is -2.61. The van der Waals surface area contributed by atoms with Crippen LogP contribution < -0.4 is 11.1 Å². The minimum Gasteiger partial charge on any atom is -0.385 e. The summed E-state index contributed by atoms with van der Waals surface area (Å²) in [4.78, 5) is 19.8. The van der Waals surface area contributed by atoms with Crippen molar-refractivity contribution in [1.82, 2.24) is 4.98 Å². The summed E-state index contributed by atoms with van der Waals surface area (Å²) in [5.41, 5.74) is 2.32. The van der Waals surface area contributed by atoms with Crippen molar-refractivity contribution in [3.63, 3.8) is 0 Å². The van der Waals surface area contributed by atoms with E-state index in [2.05, 4.69) is 15.3 Å². The first-order valence-corrected chi connectivity index (χ1v) is 8.53. The zero-order valence-electron chi connectivity index (χ0n) is 14.8. The van der Waals surface area contributed by atoms with Gasteiger partial charge in [0.15, 0.2) is 11.2 Å². The van der Waals surface area contributed by atoms with Gasteiger partial charge in [-0.15, -0.1) is 0 Å². The highest BCUT2D eigenvalue weighted by Crippen LogP contribution is 2.57. The zero-order valence-corrected chi connectivity index (χ0v) is 14.8. The van der Waals surface area contributed by atoms with Crippen LogP contribution >= 0.6 is 0 Å². The first-order valence-electron chi connectivity index (χ1n) is 8.53. The molecule has 1 aliphatic heterocycles. The lowest BCUT2D eigenvalue weighted by molar-refractivity contribution is -0.120.